The molecule has 20 heavy (non-hydrogen) atoms. The first-order valence-electron chi connectivity index (χ1n) is 7.81. The lowest BCUT2D eigenvalue weighted by Gasteiger charge is -2.31. The van der Waals surface area contributed by atoms with Crippen molar-refractivity contribution in [2.75, 3.05) is 18.8 Å². The zero-order chi connectivity index (χ0) is 14.6. The van der Waals surface area contributed by atoms with E-state index < -0.39 is 10.0 Å². The molecular weight excluding hydrogens is 276 g/mol. The zero-order valence-electron chi connectivity index (χ0n) is 12.3. The van der Waals surface area contributed by atoms with E-state index in [1.54, 1.807) is 0 Å². The van der Waals surface area contributed by atoms with Crippen LogP contribution in [0, 0.1) is 5.92 Å². The van der Waals surface area contributed by atoms with Crippen LogP contribution in [-0.2, 0) is 14.8 Å². The highest BCUT2D eigenvalue weighted by Crippen LogP contribution is 2.22. The number of piperidine rings is 1. The molecule has 0 aromatic rings. The van der Waals surface area contributed by atoms with Crippen molar-refractivity contribution in [2.45, 2.75) is 57.9 Å². The highest BCUT2D eigenvalue weighted by atomic mass is 32.2. The molecule has 1 heterocycles. The first kappa shape index (κ1) is 15.8. The molecule has 2 fully saturated rings. The molecule has 1 saturated heterocycles. The predicted octanol–water partition coefficient (Wildman–Crippen LogP) is 1.50. The van der Waals surface area contributed by atoms with Gasteiger partial charge in [-0.05, 0) is 32.1 Å². The third kappa shape index (κ3) is 3.95. The fourth-order valence-corrected chi connectivity index (χ4v) is 4.77. The number of nitrogens with one attached hydrogen (secondary N) is 1. The molecule has 2 rings (SSSR count). The average Bonchev–Trinajstić information content (AvgIpc) is 2.92. The molecule has 1 atom stereocenters. The molecule has 1 saturated carbocycles. The standard InChI is InChI=1S/C14H26N2O3S/c1-2-10-20(18,19)16-9-5-6-12(11-16)14(17)15-13-7-3-4-8-13/h12-13H,2-11H2,1H3,(H,15,17)/t12-/m1/s1. The van der Waals surface area contributed by atoms with E-state index in [9.17, 15) is 13.2 Å². The second-order valence-electron chi connectivity index (χ2n) is 6.00. The molecule has 1 aliphatic carbocycles. The maximum absolute atomic E-state index is 12.3. The van der Waals surface area contributed by atoms with Crippen LogP contribution in [0.4, 0.5) is 0 Å². The number of carbonyl (C=O) groups excluding carboxylic acids is 1. The highest BCUT2D eigenvalue weighted by Gasteiger charge is 2.32. The molecule has 0 bridgehead atoms. The van der Waals surface area contributed by atoms with Crippen LogP contribution in [0.1, 0.15) is 51.9 Å². The van der Waals surface area contributed by atoms with Gasteiger partial charge in [0, 0.05) is 19.1 Å². The Morgan fingerprint density at radius 3 is 2.55 bits per heavy atom. The summed E-state index contributed by atoms with van der Waals surface area (Å²) in [4.78, 5) is 12.3. The van der Waals surface area contributed by atoms with Crippen molar-refractivity contribution < 1.29 is 13.2 Å². The molecule has 0 radical (unpaired) electrons. The predicted molar refractivity (Wildman–Crippen MR) is 78.8 cm³/mol. The van der Waals surface area contributed by atoms with Crippen molar-refractivity contribution in [3.8, 4) is 0 Å². The molecule has 1 amide bonds. The third-order valence-corrected chi connectivity index (χ3v) is 6.35. The molecule has 0 spiro atoms. The van der Waals surface area contributed by atoms with Crippen LogP contribution in [0.2, 0.25) is 0 Å². The second-order valence-corrected chi connectivity index (χ2v) is 8.09. The SMILES string of the molecule is CCCS(=O)(=O)N1CCC[C@@H](C(=O)NC2CCCC2)C1. The van der Waals surface area contributed by atoms with Crippen molar-refractivity contribution in [1.29, 1.82) is 0 Å². The molecule has 0 unspecified atom stereocenters. The largest absolute Gasteiger partial charge is 0.353 e. The van der Waals surface area contributed by atoms with Gasteiger partial charge in [0.15, 0.2) is 0 Å². The summed E-state index contributed by atoms with van der Waals surface area (Å²) in [6.45, 7) is 2.79. The van der Waals surface area contributed by atoms with Gasteiger partial charge in [0.2, 0.25) is 15.9 Å². The Hall–Kier alpha value is -0.620. The Balaban J connectivity index is 1.90. The Labute approximate surface area is 122 Å². The van der Waals surface area contributed by atoms with Crippen LogP contribution in [0.25, 0.3) is 0 Å². The van der Waals surface area contributed by atoms with Gasteiger partial charge in [-0.25, -0.2) is 12.7 Å². The molecule has 116 valence electrons. The minimum absolute atomic E-state index is 0.0494. The summed E-state index contributed by atoms with van der Waals surface area (Å²) < 4.78 is 25.7. The van der Waals surface area contributed by atoms with E-state index in [1.165, 1.54) is 17.1 Å². The maximum Gasteiger partial charge on any atom is 0.224 e. The number of hydrogen-bond donors (Lipinski definition) is 1. The van der Waals surface area contributed by atoms with Gasteiger partial charge in [-0.2, -0.15) is 0 Å². The van der Waals surface area contributed by atoms with E-state index in [4.69, 9.17) is 0 Å². The lowest BCUT2D eigenvalue weighted by Crippen LogP contribution is -2.47. The molecule has 6 heteroatoms. The van der Waals surface area contributed by atoms with Gasteiger partial charge >= 0.3 is 0 Å². The molecule has 0 aromatic heterocycles. The topological polar surface area (TPSA) is 66.5 Å². The van der Waals surface area contributed by atoms with Crippen LogP contribution in [0.3, 0.4) is 0 Å². The summed E-state index contributed by atoms with van der Waals surface area (Å²) in [7, 11) is -3.17. The van der Waals surface area contributed by atoms with Crippen LogP contribution in [0.5, 0.6) is 0 Å². The van der Waals surface area contributed by atoms with Gasteiger partial charge in [0.1, 0.15) is 0 Å². The third-order valence-electron chi connectivity index (χ3n) is 4.31. The summed E-state index contributed by atoms with van der Waals surface area (Å²) in [5.74, 6) is 0.0635. The molecule has 5 nitrogen and oxygen atoms in total. The first-order chi connectivity index (χ1) is 9.53. The number of rotatable bonds is 5. The smallest absolute Gasteiger partial charge is 0.224 e. The number of hydrogen-bond acceptors (Lipinski definition) is 3. The van der Waals surface area contributed by atoms with Crippen molar-refractivity contribution in [1.82, 2.24) is 9.62 Å². The fraction of sp³-hybridized carbons (Fsp3) is 0.929. The van der Waals surface area contributed by atoms with Crippen molar-refractivity contribution in [3.05, 3.63) is 0 Å². The summed E-state index contributed by atoms with van der Waals surface area (Å²) in [5.41, 5.74) is 0. The Bertz CT molecular complexity index is 430. The van der Waals surface area contributed by atoms with Crippen LogP contribution >= 0.6 is 0 Å². The summed E-state index contributed by atoms with van der Waals surface area (Å²) >= 11 is 0. The van der Waals surface area contributed by atoms with E-state index >= 15 is 0 Å². The Morgan fingerprint density at radius 2 is 1.90 bits per heavy atom. The van der Waals surface area contributed by atoms with Crippen LogP contribution in [0.15, 0.2) is 0 Å². The number of sulfonamides is 1. The van der Waals surface area contributed by atoms with Crippen molar-refractivity contribution >= 4 is 15.9 Å². The summed E-state index contributed by atoms with van der Waals surface area (Å²) in [5, 5.41) is 3.09. The lowest BCUT2D eigenvalue weighted by molar-refractivity contribution is -0.126. The highest BCUT2D eigenvalue weighted by molar-refractivity contribution is 7.89. The minimum Gasteiger partial charge on any atom is -0.353 e. The van der Waals surface area contributed by atoms with E-state index in [-0.39, 0.29) is 17.6 Å². The number of carbonyl (C=O) groups is 1. The van der Waals surface area contributed by atoms with Crippen molar-refractivity contribution in [3.63, 3.8) is 0 Å². The quantitative estimate of drug-likeness (QED) is 0.837. The lowest BCUT2D eigenvalue weighted by atomic mass is 9.98. The molecule has 0 aromatic carbocycles. The fourth-order valence-electron chi connectivity index (χ4n) is 3.19. The van der Waals surface area contributed by atoms with Gasteiger partial charge in [0.25, 0.3) is 0 Å². The summed E-state index contributed by atoms with van der Waals surface area (Å²) in [6, 6.07) is 0.310. The van der Waals surface area contributed by atoms with Gasteiger partial charge < -0.3 is 5.32 Å². The Morgan fingerprint density at radius 1 is 1.20 bits per heavy atom. The van der Waals surface area contributed by atoms with Gasteiger partial charge in [0.05, 0.1) is 11.7 Å². The molecular formula is C14H26N2O3S. The maximum atomic E-state index is 12.3. The Kier molecular flexibility index (Phi) is 5.43. The molecule has 1 N–H and O–H groups in total. The van der Waals surface area contributed by atoms with Gasteiger partial charge in [-0.1, -0.05) is 19.8 Å². The second kappa shape index (κ2) is 6.89. The van der Waals surface area contributed by atoms with Gasteiger partial charge in [-0.15, -0.1) is 0 Å². The normalized spacial score (nSPS) is 25.8. The van der Waals surface area contributed by atoms with Crippen LogP contribution < -0.4 is 5.32 Å². The van der Waals surface area contributed by atoms with E-state index in [2.05, 4.69) is 5.32 Å². The number of amides is 1. The first-order valence-corrected chi connectivity index (χ1v) is 9.42. The van der Waals surface area contributed by atoms with Crippen LogP contribution in [-0.4, -0.2) is 43.5 Å². The van der Waals surface area contributed by atoms with Gasteiger partial charge in [-0.3, -0.25) is 4.79 Å². The number of nitrogens with zero attached hydrogens (tertiary/aromatic N) is 1. The minimum atomic E-state index is -3.17. The molecule has 1 aliphatic heterocycles. The van der Waals surface area contributed by atoms with E-state index in [1.807, 2.05) is 6.92 Å². The van der Waals surface area contributed by atoms with Crippen molar-refractivity contribution in [2.24, 2.45) is 5.92 Å². The zero-order valence-corrected chi connectivity index (χ0v) is 13.1. The molecule has 2 aliphatic rings. The van der Waals surface area contributed by atoms with E-state index in [0.29, 0.717) is 25.6 Å². The monoisotopic (exact) mass is 302 g/mol. The average molecular weight is 302 g/mol. The summed E-state index contributed by atoms with van der Waals surface area (Å²) in [6.07, 6.45) is 6.71. The van der Waals surface area contributed by atoms with E-state index in [0.717, 1.165) is 25.7 Å².